The lowest BCUT2D eigenvalue weighted by atomic mass is 10.2. The van der Waals surface area contributed by atoms with Crippen molar-refractivity contribution in [1.29, 1.82) is 0 Å². The lowest BCUT2D eigenvalue weighted by Crippen LogP contribution is -2.22. The molecule has 0 aromatic heterocycles. The molecule has 0 bridgehead atoms. The molecule has 0 saturated heterocycles. The van der Waals surface area contributed by atoms with E-state index in [1.54, 1.807) is 0 Å². The molecule has 5 nitrogen and oxygen atoms in total. The number of rotatable bonds is 7. The minimum Gasteiger partial charge on any atom is -0.481 e. The number of aliphatic carboxylic acids is 1. The average molecular weight is 199 g/mol. The third kappa shape index (κ3) is 10.5. The van der Waals surface area contributed by atoms with Crippen LogP contribution >= 0.6 is 0 Å². The highest BCUT2D eigenvalue weighted by molar-refractivity contribution is 5.75. The number of carbonyl (C=O) groups is 1. The largest absolute Gasteiger partial charge is 0.481 e. The van der Waals surface area contributed by atoms with Crippen molar-refractivity contribution < 1.29 is 9.90 Å². The van der Waals surface area contributed by atoms with E-state index >= 15 is 0 Å². The van der Waals surface area contributed by atoms with Gasteiger partial charge in [-0.3, -0.25) is 9.79 Å². The van der Waals surface area contributed by atoms with Crippen LogP contribution in [0, 0.1) is 0 Å². The molecule has 0 heterocycles. The summed E-state index contributed by atoms with van der Waals surface area (Å²) in [5.74, 6) is -0.650. The SMILES string of the molecule is NC(N)=NCC/C=C/CCCC(=O)O. The topological polar surface area (TPSA) is 102 Å². The van der Waals surface area contributed by atoms with E-state index in [0.29, 0.717) is 13.0 Å². The Morgan fingerprint density at radius 2 is 1.93 bits per heavy atom. The van der Waals surface area contributed by atoms with Gasteiger partial charge in [-0.2, -0.15) is 0 Å². The van der Waals surface area contributed by atoms with Crippen LogP contribution in [0.3, 0.4) is 0 Å². The molecule has 0 rings (SSSR count). The summed E-state index contributed by atoms with van der Waals surface area (Å²) in [6.07, 6.45) is 6.37. The summed E-state index contributed by atoms with van der Waals surface area (Å²) >= 11 is 0. The average Bonchev–Trinajstić information content (AvgIpc) is 2.08. The molecule has 5 heteroatoms. The molecule has 80 valence electrons. The van der Waals surface area contributed by atoms with E-state index in [1.165, 1.54) is 0 Å². The predicted octanol–water partition coefficient (Wildman–Crippen LogP) is 0.461. The fourth-order valence-corrected chi connectivity index (χ4v) is 0.875. The third-order valence-corrected chi connectivity index (χ3v) is 1.52. The maximum Gasteiger partial charge on any atom is 0.303 e. The maximum atomic E-state index is 10.1. The lowest BCUT2D eigenvalue weighted by Gasteiger charge is -1.91. The number of hydrogen-bond donors (Lipinski definition) is 3. The van der Waals surface area contributed by atoms with Crippen molar-refractivity contribution in [3.63, 3.8) is 0 Å². The summed E-state index contributed by atoms with van der Waals surface area (Å²) in [6, 6.07) is 0. The molecular formula is C9H17N3O2. The fraction of sp³-hybridized carbons (Fsp3) is 0.556. The summed E-state index contributed by atoms with van der Waals surface area (Å²) in [5.41, 5.74) is 10.3. The first-order valence-corrected chi connectivity index (χ1v) is 4.55. The van der Waals surface area contributed by atoms with Crippen LogP contribution < -0.4 is 11.5 Å². The number of allylic oxidation sites excluding steroid dienone is 1. The summed E-state index contributed by atoms with van der Waals surface area (Å²) in [4.78, 5) is 13.9. The van der Waals surface area contributed by atoms with E-state index in [9.17, 15) is 4.79 Å². The molecule has 0 unspecified atom stereocenters. The molecule has 0 saturated carbocycles. The molecule has 0 aliphatic rings. The number of carboxylic acids is 1. The molecule has 14 heavy (non-hydrogen) atoms. The highest BCUT2D eigenvalue weighted by atomic mass is 16.4. The first kappa shape index (κ1) is 12.5. The molecule has 0 amide bonds. The van der Waals surface area contributed by atoms with Crippen LogP contribution in [-0.4, -0.2) is 23.6 Å². The van der Waals surface area contributed by atoms with Crippen molar-refractivity contribution in [3.05, 3.63) is 12.2 Å². The van der Waals surface area contributed by atoms with Crippen LogP contribution in [0.15, 0.2) is 17.1 Å². The second-order valence-corrected chi connectivity index (χ2v) is 2.85. The molecule has 0 atom stereocenters. The molecule has 0 aromatic rings. The normalized spacial score (nSPS) is 10.3. The van der Waals surface area contributed by atoms with Crippen LogP contribution in [0.4, 0.5) is 0 Å². The maximum absolute atomic E-state index is 10.1. The zero-order valence-electron chi connectivity index (χ0n) is 8.15. The standard InChI is InChI=1S/C9H17N3O2/c10-9(11)12-7-5-3-1-2-4-6-8(13)14/h1,3H,2,4-7H2,(H,13,14)(H4,10,11,12)/b3-1+. The molecule has 0 fully saturated rings. The molecular weight excluding hydrogens is 182 g/mol. The van der Waals surface area contributed by atoms with Crippen LogP contribution in [0.25, 0.3) is 0 Å². The summed E-state index contributed by atoms with van der Waals surface area (Å²) in [5, 5.41) is 8.35. The highest BCUT2D eigenvalue weighted by Crippen LogP contribution is 1.97. The smallest absolute Gasteiger partial charge is 0.303 e. The highest BCUT2D eigenvalue weighted by Gasteiger charge is 1.92. The minimum atomic E-state index is -0.751. The molecule has 5 N–H and O–H groups in total. The van der Waals surface area contributed by atoms with E-state index in [-0.39, 0.29) is 12.4 Å². The molecule has 0 aromatic carbocycles. The summed E-state index contributed by atoms with van der Waals surface area (Å²) in [7, 11) is 0. The van der Waals surface area contributed by atoms with Crippen molar-refractivity contribution in [2.24, 2.45) is 16.5 Å². The summed E-state index contributed by atoms with van der Waals surface area (Å²) in [6.45, 7) is 0.581. The lowest BCUT2D eigenvalue weighted by molar-refractivity contribution is -0.137. The Hall–Kier alpha value is -1.52. The quantitative estimate of drug-likeness (QED) is 0.240. The van der Waals surface area contributed by atoms with E-state index in [1.807, 2.05) is 12.2 Å². The Kier molecular flexibility index (Phi) is 7.22. The Morgan fingerprint density at radius 1 is 1.29 bits per heavy atom. The first-order chi connectivity index (χ1) is 6.63. The number of nitrogens with two attached hydrogens (primary N) is 2. The molecule has 0 aliphatic heterocycles. The van der Waals surface area contributed by atoms with Crippen LogP contribution in [-0.2, 0) is 4.79 Å². The second kappa shape index (κ2) is 8.10. The Bertz CT molecular complexity index is 220. The minimum absolute atomic E-state index is 0.101. The zero-order chi connectivity index (χ0) is 10.8. The van der Waals surface area contributed by atoms with Gasteiger partial charge in [0.2, 0.25) is 0 Å². The van der Waals surface area contributed by atoms with Gasteiger partial charge in [0.05, 0.1) is 0 Å². The van der Waals surface area contributed by atoms with Gasteiger partial charge in [-0.1, -0.05) is 12.2 Å². The second-order valence-electron chi connectivity index (χ2n) is 2.85. The van der Waals surface area contributed by atoms with E-state index < -0.39 is 5.97 Å². The van der Waals surface area contributed by atoms with Gasteiger partial charge in [0, 0.05) is 13.0 Å². The van der Waals surface area contributed by atoms with Crippen LogP contribution in [0.1, 0.15) is 25.7 Å². The number of carboxylic acid groups (broad SMARTS) is 1. The van der Waals surface area contributed by atoms with Gasteiger partial charge in [0.1, 0.15) is 0 Å². The zero-order valence-corrected chi connectivity index (χ0v) is 8.15. The molecule has 0 spiro atoms. The Labute approximate surface area is 83.5 Å². The van der Waals surface area contributed by atoms with Crippen molar-refractivity contribution in [2.45, 2.75) is 25.7 Å². The van der Waals surface area contributed by atoms with E-state index in [2.05, 4.69) is 4.99 Å². The molecule has 0 aliphatic carbocycles. The Morgan fingerprint density at radius 3 is 2.50 bits per heavy atom. The predicted molar refractivity (Wildman–Crippen MR) is 55.9 cm³/mol. The van der Waals surface area contributed by atoms with Gasteiger partial charge < -0.3 is 16.6 Å². The third-order valence-electron chi connectivity index (χ3n) is 1.52. The Balaban J connectivity index is 3.28. The first-order valence-electron chi connectivity index (χ1n) is 4.55. The van der Waals surface area contributed by atoms with Gasteiger partial charge in [0.15, 0.2) is 5.96 Å². The van der Waals surface area contributed by atoms with Crippen molar-refractivity contribution in [2.75, 3.05) is 6.54 Å². The van der Waals surface area contributed by atoms with Crippen LogP contribution in [0.2, 0.25) is 0 Å². The van der Waals surface area contributed by atoms with Gasteiger partial charge >= 0.3 is 5.97 Å². The van der Waals surface area contributed by atoms with E-state index in [0.717, 1.165) is 12.8 Å². The van der Waals surface area contributed by atoms with Gasteiger partial charge in [-0.25, -0.2) is 0 Å². The van der Waals surface area contributed by atoms with Crippen molar-refractivity contribution >= 4 is 11.9 Å². The number of guanidine groups is 1. The fourth-order valence-electron chi connectivity index (χ4n) is 0.875. The number of hydrogen-bond acceptors (Lipinski definition) is 2. The number of nitrogens with zero attached hydrogens (tertiary/aromatic N) is 1. The monoisotopic (exact) mass is 199 g/mol. The van der Waals surface area contributed by atoms with E-state index in [4.69, 9.17) is 16.6 Å². The van der Waals surface area contributed by atoms with Gasteiger partial charge in [-0.05, 0) is 19.3 Å². The van der Waals surface area contributed by atoms with Crippen molar-refractivity contribution in [3.8, 4) is 0 Å². The number of unbranched alkanes of at least 4 members (excludes halogenated alkanes) is 1. The summed E-state index contributed by atoms with van der Waals surface area (Å²) < 4.78 is 0. The number of aliphatic imine (C=N–C) groups is 1. The van der Waals surface area contributed by atoms with Crippen LogP contribution in [0.5, 0.6) is 0 Å². The van der Waals surface area contributed by atoms with Gasteiger partial charge in [0.25, 0.3) is 0 Å². The molecule has 0 radical (unpaired) electrons. The van der Waals surface area contributed by atoms with Gasteiger partial charge in [-0.15, -0.1) is 0 Å². The van der Waals surface area contributed by atoms with Crippen molar-refractivity contribution in [1.82, 2.24) is 0 Å².